The number of amides is 1. The van der Waals surface area contributed by atoms with Crippen LogP contribution in [0.5, 0.6) is 0 Å². The zero-order valence-electron chi connectivity index (χ0n) is 13.9. The van der Waals surface area contributed by atoms with Crippen LogP contribution in [0.1, 0.15) is 25.0 Å². The molecular weight excluding hydrogens is 324 g/mol. The number of hydrogen-bond acceptors (Lipinski definition) is 3. The van der Waals surface area contributed by atoms with E-state index in [2.05, 4.69) is 4.72 Å². The van der Waals surface area contributed by atoms with Crippen LogP contribution in [0.2, 0.25) is 0 Å². The van der Waals surface area contributed by atoms with Crippen LogP contribution in [0.15, 0.2) is 47.4 Å². The van der Waals surface area contributed by atoms with Gasteiger partial charge in [-0.15, -0.1) is 0 Å². The van der Waals surface area contributed by atoms with Crippen molar-refractivity contribution in [3.8, 4) is 0 Å². The minimum absolute atomic E-state index is 0.0325. The van der Waals surface area contributed by atoms with Gasteiger partial charge in [-0.2, -0.15) is 0 Å². The van der Waals surface area contributed by atoms with Crippen LogP contribution in [0.25, 0.3) is 0 Å². The summed E-state index contributed by atoms with van der Waals surface area (Å²) in [6, 6.07) is 12.2. The fourth-order valence-corrected chi connectivity index (χ4v) is 4.33. The quantitative estimate of drug-likeness (QED) is 0.930. The third kappa shape index (κ3) is 2.89. The molecule has 0 aromatic heterocycles. The van der Waals surface area contributed by atoms with Crippen LogP contribution in [0, 0.1) is 6.92 Å². The highest BCUT2D eigenvalue weighted by molar-refractivity contribution is 7.92. The summed E-state index contributed by atoms with van der Waals surface area (Å²) in [7, 11) is -3.67. The Balaban J connectivity index is 1.95. The molecule has 5 nitrogen and oxygen atoms in total. The van der Waals surface area contributed by atoms with Gasteiger partial charge in [0.2, 0.25) is 5.91 Å². The van der Waals surface area contributed by atoms with Crippen molar-refractivity contribution >= 4 is 27.3 Å². The minimum atomic E-state index is -3.67. The molecule has 1 aliphatic heterocycles. The summed E-state index contributed by atoms with van der Waals surface area (Å²) < 4.78 is 27.9. The largest absolute Gasteiger partial charge is 0.309 e. The van der Waals surface area contributed by atoms with Crippen molar-refractivity contribution in [3.63, 3.8) is 0 Å². The van der Waals surface area contributed by atoms with Crippen molar-refractivity contribution in [2.24, 2.45) is 0 Å². The van der Waals surface area contributed by atoms with Gasteiger partial charge in [-0.05, 0) is 55.7 Å². The molecule has 0 saturated carbocycles. The molecule has 1 atom stereocenters. The summed E-state index contributed by atoms with van der Waals surface area (Å²) in [5.41, 5.74) is 3.10. The van der Waals surface area contributed by atoms with E-state index in [1.165, 1.54) is 6.92 Å². The average molecular weight is 344 g/mol. The highest BCUT2D eigenvalue weighted by atomic mass is 32.2. The maximum Gasteiger partial charge on any atom is 0.261 e. The smallest absolute Gasteiger partial charge is 0.261 e. The topological polar surface area (TPSA) is 66.5 Å². The van der Waals surface area contributed by atoms with E-state index in [0.717, 1.165) is 16.8 Å². The standard InChI is InChI=1S/C18H20N2O3S/c1-12-6-4-5-7-17(12)19-24(22,23)16-8-9-18-15(11-16)10-13(2)20(18)14(3)21/h4-9,11,13,19H,10H2,1-3H3/t13-/m1/s1. The molecule has 1 amide bonds. The molecule has 1 N–H and O–H groups in total. The van der Waals surface area contributed by atoms with E-state index in [4.69, 9.17) is 0 Å². The van der Waals surface area contributed by atoms with Gasteiger partial charge in [0.1, 0.15) is 0 Å². The molecule has 0 spiro atoms. The molecule has 0 aliphatic carbocycles. The van der Waals surface area contributed by atoms with Gasteiger partial charge in [-0.1, -0.05) is 18.2 Å². The number of benzene rings is 2. The van der Waals surface area contributed by atoms with Crippen molar-refractivity contribution < 1.29 is 13.2 Å². The lowest BCUT2D eigenvalue weighted by molar-refractivity contribution is -0.116. The third-order valence-corrected chi connectivity index (χ3v) is 5.67. The first-order valence-corrected chi connectivity index (χ1v) is 9.29. The van der Waals surface area contributed by atoms with Crippen molar-refractivity contribution in [2.75, 3.05) is 9.62 Å². The number of sulfonamides is 1. The summed E-state index contributed by atoms with van der Waals surface area (Å²) in [6.07, 6.45) is 0.655. The minimum Gasteiger partial charge on any atom is -0.309 e. The number of para-hydroxylation sites is 1. The number of carbonyl (C=O) groups excluding carboxylic acids is 1. The molecule has 2 aromatic carbocycles. The van der Waals surface area contributed by atoms with Gasteiger partial charge in [0.25, 0.3) is 10.0 Å². The van der Waals surface area contributed by atoms with Crippen LogP contribution < -0.4 is 9.62 Å². The second kappa shape index (κ2) is 5.94. The van der Waals surface area contributed by atoms with Crippen LogP contribution in [-0.4, -0.2) is 20.4 Å². The molecule has 0 unspecified atom stereocenters. The lowest BCUT2D eigenvalue weighted by Crippen LogP contribution is -2.33. The van der Waals surface area contributed by atoms with E-state index in [-0.39, 0.29) is 16.8 Å². The molecule has 1 aliphatic rings. The van der Waals surface area contributed by atoms with Crippen molar-refractivity contribution in [3.05, 3.63) is 53.6 Å². The summed E-state index contributed by atoms with van der Waals surface area (Å²) in [6.45, 7) is 5.34. The average Bonchev–Trinajstić information content (AvgIpc) is 2.84. The summed E-state index contributed by atoms with van der Waals surface area (Å²) >= 11 is 0. The molecule has 24 heavy (non-hydrogen) atoms. The first-order chi connectivity index (χ1) is 11.3. The van der Waals surface area contributed by atoms with E-state index < -0.39 is 10.0 Å². The lowest BCUT2D eigenvalue weighted by atomic mass is 10.1. The highest BCUT2D eigenvalue weighted by Gasteiger charge is 2.30. The third-order valence-electron chi connectivity index (χ3n) is 4.31. The number of aryl methyl sites for hydroxylation is 1. The van der Waals surface area contributed by atoms with Gasteiger partial charge in [0.15, 0.2) is 0 Å². The molecule has 0 radical (unpaired) electrons. The number of nitrogens with zero attached hydrogens (tertiary/aromatic N) is 1. The number of anilines is 2. The second-order valence-corrected chi connectivity index (χ2v) is 7.84. The SMILES string of the molecule is CC(=O)N1c2ccc(S(=O)(=O)Nc3ccccc3C)cc2C[C@H]1C. The lowest BCUT2D eigenvalue weighted by Gasteiger charge is -2.20. The fraction of sp³-hybridized carbons (Fsp3) is 0.278. The molecule has 0 bridgehead atoms. The second-order valence-electron chi connectivity index (χ2n) is 6.15. The Kier molecular flexibility index (Phi) is 4.09. The van der Waals surface area contributed by atoms with E-state index in [1.807, 2.05) is 26.0 Å². The van der Waals surface area contributed by atoms with Crippen LogP contribution in [-0.2, 0) is 21.2 Å². The van der Waals surface area contributed by atoms with Crippen LogP contribution in [0.4, 0.5) is 11.4 Å². The predicted molar refractivity (Wildman–Crippen MR) is 94.8 cm³/mol. The Morgan fingerprint density at radius 1 is 1.21 bits per heavy atom. The molecule has 0 saturated heterocycles. The molecular formula is C18H20N2O3S. The Morgan fingerprint density at radius 2 is 1.92 bits per heavy atom. The Bertz CT molecular complexity index is 906. The zero-order valence-corrected chi connectivity index (χ0v) is 14.7. The number of carbonyl (C=O) groups is 1. The van der Waals surface area contributed by atoms with E-state index >= 15 is 0 Å². The van der Waals surface area contributed by atoms with Crippen LogP contribution >= 0.6 is 0 Å². The van der Waals surface area contributed by atoms with Gasteiger partial charge in [0.05, 0.1) is 10.6 Å². The van der Waals surface area contributed by atoms with Gasteiger partial charge in [0, 0.05) is 18.7 Å². The summed E-state index contributed by atoms with van der Waals surface area (Å²) in [5.74, 6) is -0.0325. The fourth-order valence-electron chi connectivity index (χ4n) is 3.15. The molecule has 1 heterocycles. The maximum absolute atomic E-state index is 12.7. The Labute approximate surface area is 142 Å². The number of rotatable bonds is 3. The normalized spacial score (nSPS) is 16.8. The van der Waals surface area contributed by atoms with Crippen molar-refractivity contribution in [1.82, 2.24) is 0 Å². The maximum atomic E-state index is 12.7. The van der Waals surface area contributed by atoms with Crippen LogP contribution in [0.3, 0.4) is 0 Å². The van der Waals surface area contributed by atoms with E-state index in [9.17, 15) is 13.2 Å². The zero-order chi connectivity index (χ0) is 17.5. The Hall–Kier alpha value is -2.34. The van der Waals surface area contributed by atoms with Crippen molar-refractivity contribution in [1.29, 1.82) is 0 Å². The highest BCUT2D eigenvalue weighted by Crippen LogP contribution is 2.34. The van der Waals surface area contributed by atoms with E-state index in [0.29, 0.717) is 12.1 Å². The predicted octanol–water partition coefficient (Wildman–Crippen LogP) is 3.09. The van der Waals surface area contributed by atoms with Crippen molar-refractivity contribution in [2.45, 2.75) is 38.1 Å². The Morgan fingerprint density at radius 3 is 2.58 bits per heavy atom. The first kappa shape index (κ1) is 16.5. The van der Waals surface area contributed by atoms with E-state index in [1.54, 1.807) is 35.2 Å². The number of hydrogen-bond donors (Lipinski definition) is 1. The van der Waals surface area contributed by atoms with Gasteiger partial charge in [-0.25, -0.2) is 8.42 Å². The molecule has 2 aromatic rings. The van der Waals surface area contributed by atoms with Gasteiger partial charge >= 0.3 is 0 Å². The monoisotopic (exact) mass is 344 g/mol. The number of fused-ring (bicyclic) bond motifs is 1. The summed E-state index contributed by atoms with van der Waals surface area (Å²) in [5, 5.41) is 0. The molecule has 3 rings (SSSR count). The van der Waals surface area contributed by atoms with Gasteiger partial charge < -0.3 is 4.90 Å². The molecule has 0 fully saturated rings. The first-order valence-electron chi connectivity index (χ1n) is 7.81. The summed E-state index contributed by atoms with van der Waals surface area (Å²) in [4.78, 5) is 13.7. The number of nitrogens with one attached hydrogen (secondary N) is 1. The molecule has 126 valence electrons. The van der Waals surface area contributed by atoms with Gasteiger partial charge in [-0.3, -0.25) is 9.52 Å². The molecule has 6 heteroatoms.